The van der Waals surface area contributed by atoms with Gasteiger partial charge in [-0.05, 0) is 42.9 Å². The van der Waals surface area contributed by atoms with E-state index in [2.05, 4.69) is 29.1 Å². The number of allylic oxidation sites excluding steroid dienone is 2. The SMILES string of the molecule is CC(=O)c1cnc(N=NC2=CCC3(CCC(C)(C)CC3)CC2=O)o1. The molecule has 24 heavy (non-hydrogen) atoms. The molecular formula is C18H23N3O3. The summed E-state index contributed by atoms with van der Waals surface area (Å²) >= 11 is 0. The van der Waals surface area contributed by atoms with Crippen LogP contribution in [0, 0.1) is 10.8 Å². The van der Waals surface area contributed by atoms with Gasteiger partial charge in [0.25, 0.3) is 0 Å². The lowest BCUT2D eigenvalue weighted by Crippen LogP contribution is -2.35. The highest BCUT2D eigenvalue weighted by atomic mass is 16.4. The predicted molar refractivity (Wildman–Crippen MR) is 88.0 cm³/mol. The van der Waals surface area contributed by atoms with Crippen molar-refractivity contribution in [3.05, 3.63) is 23.7 Å². The Labute approximate surface area is 141 Å². The van der Waals surface area contributed by atoms with Gasteiger partial charge in [-0.2, -0.15) is 4.98 Å². The first-order chi connectivity index (χ1) is 11.3. The van der Waals surface area contributed by atoms with Gasteiger partial charge in [0.05, 0.1) is 6.20 Å². The first-order valence-electron chi connectivity index (χ1n) is 8.41. The number of carbonyl (C=O) groups is 2. The molecule has 0 bridgehead atoms. The van der Waals surface area contributed by atoms with E-state index in [0.29, 0.717) is 17.5 Å². The summed E-state index contributed by atoms with van der Waals surface area (Å²) in [6.45, 7) is 5.98. The topological polar surface area (TPSA) is 84.9 Å². The molecule has 1 saturated carbocycles. The van der Waals surface area contributed by atoms with Gasteiger partial charge in [-0.15, -0.1) is 5.11 Å². The van der Waals surface area contributed by atoms with Crippen LogP contribution in [-0.2, 0) is 4.79 Å². The molecule has 2 aliphatic carbocycles. The van der Waals surface area contributed by atoms with Gasteiger partial charge >= 0.3 is 6.01 Å². The molecule has 1 fully saturated rings. The molecule has 0 saturated heterocycles. The van der Waals surface area contributed by atoms with Crippen molar-refractivity contribution in [3.63, 3.8) is 0 Å². The summed E-state index contributed by atoms with van der Waals surface area (Å²) in [6, 6.07) is -0.00592. The Morgan fingerprint density at radius 3 is 2.50 bits per heavy atom. The molecular weight excluding hydrogens is 306 g/mol. The molecule has 0 N–H and O–H groups in total. The van der Waals surface area contributed by atoms with Gasteiger partial charge in [0.2, 0.25) is 0 Å². The number of ketones is 2. The van der Waals surface area contributed by atoms with Crippen molar-refractivity contribution in [2.75, 3.05) is 0 Å². The van der Waals surface area contributed by atoms with E-state index in [-0.39, 0.29) is 28.8 Å². The van der Waals surface area contributed by atoms with E-state index < -0.39 is 0 Å². The third-order valence-electron chi connectivity index (χ3n) is 5.30. The highest BCUT2D eigenvalue weighted by Gasteiger charge is 2.41. The first kappa shape index (κ1) is 16.7. The van der Waals surface area contributed by atoms with Gasteiger partial charge in [0.1, 0.15) is 5.70 Å². The molecule has 6 nitrogen and oxygen atoms in total. The second kappa shape index (κ2) is 6.07. The summed E-state index contributed by atoms with van der Waals surface area (Å²) in [6.07, 6.45) is 9.12. The van der Waals surface area contributed by atoms with Gasteiger partial charge in [-0.25, -0.2) is 0 Å². The van der Waals surface area contributed by atoms with E-state index in [1.54, 1.807) is 0 Å². The van der Waals surface area contributed by atoms with E-state index in [9.17, 15) is 9.59 Å². The summed E-state index contributed by atoms with van der Waals surface area (Å²) < 4.78 is 5.14. The summed E-state index contributed by atoms with van der Waals surface area (Å²) in [5.74, 6) is -0.0567. The molecule has 1 heterocycles. The van der Waals surface area contributed by atoms with Crippen molar-refractivity contribution in [3.8, 4) is 0 Å². The third kappa shape index (κ3) is 3.52. The van der Waals surface area contributed by atoms with E-state index in [0.717, 1.165) is 32.1 Å². The third-order valence-corrected chi connectivity index (χ3v) is 5.30. The molecule has 0 aliphatic heterocycles. The quantitative estimate of drug-likeness (QED) is 0.589. The number of nitrogens with zero attached hydrogens (tertiary/aromatic N) is 3. The molecule has 0 unspecified atom stereocenters. The average molecular weight is 329 g/mol. The standard InChI is InChI=1S/C18H23N3O3/c1-12(22)15-11-19-16(24-15)21-20-13-4-5-18(10-14(13)23)8-6-17(2,3)7-9-18/h4,11H,5-10H2,1-3H3. The summed E-state index contributed by atoms with van der Waals surface area (Å²) in [4.78, 5) is 27.5. The fraction of sp³-hybridized carbons (Fsp3) is 0.611. The number of azo groups is 1. The molecule has 1 aromatic heterocycles. The van der Waals surface area contributed by atoms with Crippen LogP contribution in [0.1, 0.15) is 69.9 Å². The van der Waals surface area contributed by atoms with Gasteiger partial charge in [0, 0.05) is 13.3 Å². The lowest BCUT2D eigenvalue weighted by atomic mass is 9.60. The number of oxazole rings is 1. The Bertz CT molecular complexity index is 718. The molecule has 1 aromatic rings. The normalized spacial score (nSPS) is 22.8. The van der Waals surface area contributed by atoms with Crippen LogP contribution in [0.3, 0.4) is 0 Å². The van der Waals surface area contributed by atoms with Crippen molar-refractivity contribution < 1.29 is 14.0 Å². The maximum Gasteiger partial charge on any atom is 0.341 e. The number of hydrogen-bond acceptors (Lipinski definition) is 6. The Kier molecular flexibility index (Phi) is 4.24. The summed E-state index contributed by atoms with van der Waals surface area (Å²) in [5, 5.41) is 7.83. The predicted octanol–water partition coefficient (Wildman–Crippen LogP) is 4.79. The van der Waals surface area contributed by atoms with Gasteiger partial charge in [-0.3, -0.25) is 9.59 Å². The van der Waals surface area contributed by atoms with Crippen molar-refractivity contribution in [1.29, 1.82) is 0 Å². The zero-order chi connectivity index (χ0) is 17.4. The summed E-state index contributed by atoms with van der Waals surface area (Å²) in [5.41, 5.74) is 0.862. The van der Waals surface area contributed by atoms with Crippen molar-refractivity contribution in [2.24, 2.45) is 21.1 Å². The summed E-state index contributed by atoms with van der Waals surface area (Å²) in [7, 11) is 0. The monoisotopic (exact) mass is 329 g/mol. The Hall–Kier alpha value is -2.11. The minimum atomic E-state index is -0.223. The molecule has 128 valence electrons. The Morgan fingerprint density at radius 2 is 1.92 bits per heavy atom. The maximum absolute atomic E-state index is 12.4. The molecule has 0 atom stereocenters. The maximum atomic E-state index is 12.4. The van der Waals surface area contributed by atoms with Crippen molar-refractivity contribution >= 4 is 17.6 Å². The second-order valence-electron chi connectivity index (χ2n) is 7.82. The molecule has 3 rings (SSSR count). The van der Waals surface area contributed by atoms with Gasteiger partial charge in [0.15, 0.2) is 17.3 Å². The average Bonchev–Trinajstić information content (AvgIpc) is 2.99. The van der Waals surface area contributed by atoms with Crippen molar-refractivity contribution in [2.45, 2.75) is 59.3 Å². The van der Waals surface area contributed by atoms with E-state index in [1.807, 2.05) is 6.08 Å². The lowest BCUT2D eigenvalue weighted by Gasteiger charge is -2.44. The number of carbonyl (C=O) groups excluding carboxylic acids is 2. The Morgan fingerprint density at radius 1 is 1.21 bits per heavy atom. The van der Waals surface area contributed by atoms with Crippen LogP contribution < -0.4 is 0 Å². The highest BCUT2D eigenvalue weighted by Crippen LogP contribution is 2.51. The molecule has 0 aromatic carbocycles. The number of Topliss-reactive ketones (excluding diaryl/α,β-unsaturated/α-hetero) is 2. The molecule has 1 spiro atoms. The largest absolute Gasteiger partial charge is 0.418 e. The minimum absolute atomic E-state index is 0.00592. The number of aromatic nitrogens is 1. The smallest absolute Gasteiger partial charge is 0.341 e. The molecule has 0 radical (unpaired) electrons. The van der Waals surface area contributed by atoms with Gasteiger partial charge in [-0.1, -0.05) is 25.0 Å². The van der Waals surface area contributed by atoms with E-state index >= 15 is 0 Å². The first-order valence-corrected chi connectivity index (χ1v) is 8.41. The van der Waals surface area contributed by atoms with Crippen molar-refractivity contribution in [1.82, 2.24) is 4.98 Å². The van der Waals surface area contributed by atoms with Crippen LogP contribution in [0.5, 0.6) is 0 Å². The number of rotatable bonds is 3. The zero-order valence-corrected chi connectivity index (χ0v) is 14.5. The van der Waals surface area contributed by atoms with Crippen LogP contribution in [0.4, 0.5) is 6.01 Å². The van der Waals surface area contributed by atoms with Crippen LogP contribution >= 0.6 is 0 Å². The minimum Gasteiger partial charge on any atom is -0.418 e. The molecule has 2 aliphatic rings. The lowest BCUT2D eigenvalue weighted by molar-refractivity contribution is -0.119. The van der Waals surface area contributed by atoms with Gasteiger partial charge < -0.3 is 4.42 Å². The second-order valence-corrected chi connectivity index (χ2v) is 7.82. The van der Waals surface area contributed by atoms with Crippen LogP contribution in [0.25, 0.3) is 0 Å². The molecule has 0 amide bonds. The van der Waals surface area contributed by atoms with E-state index in [4.69, 9.17) is 4.42 Å². The fourth-order valence-electron chi connectivity index (χ4n) is 3.44. The zero-order valence-electron chi connectivity index (χ0n) is 14.5. The highest BCUT2D eigenvalue weighted by molar-refractivity contribution is 5.96. The fourth-order valence-corrected chi connectivity index (χ4v) is 3.44. The number of hydrogen-bond donors (Lipinski definition) is 0. The van der Waals surface area contributed by atoms with Crippen LogP contribution in [-0.4, -0.2) is 16.6 Å². The van der Waals surface area contributed by atoms with Crippen LogP contribution in [0.2, 0.25) is 0 Å². The molecule has 6 heteroatoms. The Balaban J connectivity index is 1.68. The van der Waals surface area contributed by atoms with Crippen LogP contribution in [0.15, 0.2) is 32.6 Å². The van der Waals surface area contributed by atoms with E-state index in [1.165, 1.54) is 13.1 Å².